The third kappa shape index (κ3) is 1.96. The molecule has 1 fully saturated rings. The van der Waals surface area contributed by atoms with Gasteiger partial charge in [0.25, 0.3) is 0 Å². The second kappa shape index (κ2) is 3.35. The van der Waals surface area contributed by atoms with Crippen molar-refractivity contribution < 1.29 is 0 Å². The van der Waals surface area contributed by atoms with Gasteiger partial charge in [-0.1, -0.05) is 0 Å². The summed E-state index contributed by atoms with van der Waals surface area (Å²) in [4.78, 5) is 2.36. The molecule has 1 atom stereocenters. The highest BCUT2D eigenvalue weighted by molar-refractivity contribution is 4.83. The second-order valence-electron chi connectivity index (χ2n) is 3.35. The Hall–Kier alpha value is -0.0800. The minimum Gasteiger partial charge on any atom is -0.329 e. The van der Waals surface area contributed by atoms with Gasteiger partial charge in [0.15, 0.2) is 0 Å². The Morgan fingerprint density at radius 2 is 2.20 bits per heavy atom. The first-order chi connectivity index (χ1) is 4.75. The Kier molecular flexibility index (Phi) is 2.69. The van der Waals surface area contributed by atoms with Crippen LogP contribution in [0.2, 0.25) is 0 Å². The summed E-state index contributed by atoms with van der Waals surface area (Å²) in [6, 6.07) is 0.753. The van der Waals surface area contributed by atoms with E-state index in [-0.39, 0.29) is 0 Å². The summed E-state index contributed by atoms with van der Waals surface area (Å²) in [6.07, 6.45) is 2.85. The first-order valence-electron chi connectivity index (χ1n) is 4.16. The van der Waals surface area contributed by atoms with E-state index in [1.54, 1.807) is 0 Å². The van der Waals surface area contributed by atoms with Gasteiger partial charge in [-0.15, -0.1) is 0 Å². The maximum Gasteiger partial charge on any atom is 0.0104 e. The topological polar surface area (TPSA) is 29.3 Å². The number of rotatable bonds is 4. The lowest BCUT2D eigenvalue weighted by atomic mass is 10.2. The van der Waals surface area contributed by atoms with Gasteiger partial charge in [0, 0.05) is 19.1 Å². The van der Waals surface area contributed by atoms with Gasteiger partial charge in [-0.3, -0.25) is 0 Å². The summed E-state index contributed by atoms with van der Waals surface area (Å²) in [5, 5.41) is 0. The summed E-state index contributed by atoms with van der Waals surface area (Å²) in [7, 11) is 2.16. The van der Waals surface area contributed by atoms with Gasteiger partial charge in [-0.05, 0) is 32.7 Å². The molecule has 2 N–H and O–H groups in total. The molecule has 1 saturated carbocycles. The monoisotopic (exact) mass is 142 g/mol. The Bertz CT molecular complexity index is 99.4. The lowest BCUT2D eigenvalue weighted by Gasteiger charge is -2.23. The summed E-state index contributed by atoms with van der Waals surface area (Å²) < 4.78 is 0. The Balaban J connectivity index is 2.17. The van der Waals surface area contributed by atoms with Crippen LogP contribution in [0.5, 0.6) is 0 Å². The van der Waals surface area contributed by atoms with Gasteiger partial charge >= 0.3 is 0 Å². The van der Waals surface area contributed by atoms with Gasteiger partial charge in [-0.25, -0.2) is 0 Å². The first kappa shape index (κ1) is 8.02. The molecule has 1 aliphatic rings. The van der Waals surface area contributed by atoms with Crippen LogP contribution in [0, 0.1) is 5.92 Å². The van der Waals surface area contributed by atoms with Crippen LogP contribution >= 0.6 is 0 Å². The fourth-order valence-corrected chi connectivity index (χ4v) is 1.35. The number of hydrogen-bond acceptors (Lipinski definition) is 2. The predicted octanol–water partition coefficient (Wildman–Crippen LogP) is 0.675. The maximum absolute atomic E-state index is 5.45. The van der Waals surface area contributed by atoms with Crippen molar-refractivity contribution in [1.29, 1.82) is 0 Å². The van der Waals surface area contributed by atoms with Crippen LogP contribution in [0.15, 0.2) is 0 Å². The number of hydrogen-bond donors (Lipinski definition) is 1. The molecule has 0 saturated heterocycles. The first-order valence-corrected chi connectivity index (χ1v) is 4.16. The van der Waals surface area contributed by atoms with Crippen LogP contribution in [-0.4, -0.2) is 31.1 Å². The van der Waals surface area contributed by atoms with E-state index in [1.165, 1.54) is 12.8 Å². The molecular formula is C8H18N2. The standard InChI is InChI=1S/C8H18N2/c1-7(8-3-4-8)10(2)6-5-9/h7-8H,3-6,9H2,1-2H3/t7-/m1/s1. The largest absolute Gasteiger partial charge is 0.329 e. The van der Waals surface area contributed by atoms with Crippen LogP contribution in [0.3, 0.4) is 0 Å². The minimum absolute atomic E-state index is 0.753. The van der Waals surface area contributed by atoms with E-state index in [0.717, 1.165) is 25.0 Å². The molecule has 2 heteroatoms. The lowest BCUT2D eigenvalue weighted by Crippen LogP contribution is -2.34. The molecule has 0 spiro atoms. The van der Waals surface area contributed by atoms with Gasteiger partial charge in [0.2, 0.25) is 0 Å². The van der Waals surface area contributed by atoms with Crippen molar-refractivity contribution in [2.24, 2.45) is 11.7 Å². The quantitative estimate of drug-likeness (QED) is 0.625. The summed E-state index contributed by atoms with van der Waals surface area (Å²) in [5.74, 6) is 0.969. The zero-order valence-electron chi connectivity index (χ0n) is 7.01. The van der Waals surface area contributed by atoms with E-state index in [1.807, 2.05) is 0 Å². The van der Waals surface area contributed by atoms with Crippen molar-refractivity contribution in [2.45, 2.75) is 25.8 Å². The highest BCUT2D eigenvalue weighted by Gasteiger charge is 2.29. The summed E-state index contributed by atoms with van der Waals surface area (Å²) in [6.45, 7) is 4.12. The van der Waals surface area contributed by atoms with E-state index in [0.29, 0.717) is 0 Å². The van der Waals surface area contributed by atoms with Gasteiger partial charge < -0.3 is 10.6 Å². The van der Waals surface area contributed by atoms with Crippen LogP contribution in [0.25, 0.3) is 0 Å². The van der Waals surface area contributed by atoms with Gasteiger partial charge in [0.05, 0.1) is 0 Å². The molecule has 0 aromatic carbocycles. The predicted molar refractivity (Wildman–Crippen MR) is 43.9 cm³/mol. The van der Waals surface area contributed by atoms with Crippen LogP contribution in [-0.2, 0) is 0 Å². The molecule has 0 aromatic heterocycles. The molecule has 60 valence electrons. The molecule has 2 nitrogen and oxygen atoms in total. The van der Waals surface area contributed by atoms with E-state index < -0.39 is 0 Å². The van der Waals surface area contributed by atoms with E-state index in [9.17, 15) is 0 Å². The summed E-state index contributed by atoms with van der Waals surface area (Å²) in [5.41, 5.74) is 5.45. The smallest absolute Gasteiger partial charge is 0.0104 e. The van der Waals surface area contributed by atoms with Crippen molar-refractivity contribution in [3.63, 3.8) is 0 Å². The maximum atomic E-state index is 5.45. The molecular weight excluding hydrogens is 124 g/mol. The van der Waals surface area contributed by atoms with Crippen LogP contribution < -0.4 is 5.73 Å². The number of likely N-dealkylation sites (N-methyl/N-ethyl adjacent to an activating group) is 1. The van der Waals surface area contributed by atoms with Crippen molar-refractivity contribution in [2.75, 3.05) is 20.1 Å². The molecule has 0 amide bonds. The molecule has 1 aliphatic carbocycles. The number of nitrogens with zero attached hydrogens (tertiary/aromatic N) is 1. The zero-order chi connectivity index (χ0) is 7.56. The highest BCUT2D eigenvalue weighted by atomic mass is 15.1. The lowest BCUT2D eigenvalue weighted by molar-refractivity contribution is 0.241. The molecule has 1 rings (SSSR count). The van der Waals surface area contributed by atoms with E-state index in [4.69, 9.17) is 5.73 Å². The van der Waals surface area contributed by atoms with Crippen molar-refractivity contribution in [1.82, 2.24) is 4.90 Å². The van der Waals surface area contributed by atoms with Crippen molar-refractivity contribution in [3.8, 4) is 0 Å². The van der Waals surface area contributed by atoms with Crippen LogP contribution in [0.1, 0.15) is 19.8 Å². The molecule has 0 radical (unpaired) electrons. The Labute approximate surface area is 63.4 Å². The summed E-state index contributed by atoms with van der Waals surface area (Å²) >= 11 is 0. The minimum atomic E-state index is 0.753. The van der Waals surface area contributed by atoms with Crippen molar-refractivity contribution >= 4 is 0 Å². The molecule has 0 unspecified atom stereocenters. The Morgan fingerprint density at radius 3 is 2.60 bits per heavy atom. The zero-order valence-corrected chi connectivity index (χ0v) is 7.01. The fourth-order valence-electron chi connectivity index (χ4n) is 1.35. The second-order valence-corrected chi connectivity index (χ2v) is 3.35. The number of nitrogens with two attached hydrogens (primary N) is 1. The van der Waals surface area contributed by atoms with E-state index in [2.05, 4.69) is 18.9 Å². The molecule has 0 aromatic rings. The third-order valence-corrected chi connectivity index (χ3v) is 2.48. The average molecular weight is 142 g/mol. The normalized spacial score (nSPS) is 21.6. The van der Waals surface area contributed by atoms with Crippen LogP contribution in [0.4, 0.5) is 0 Å². The van der Waals surface area contributed by atoms with E-state index >= 15 is 0 Å². The average Bonchev–Trinajstić information content (AvgIpc) is 2.68. The Morgan fingerprint density at radius 1 is 1.60 bits per heavy atom. The molecule has 0 aliphatic heterocycles. The SMILES string of the molecule is C[C@H](C1CC1)N(C)CCN. The molecule has 0 bridgehead atoms. The van der Waals surface area contributed by atoms with Gasteiger partial charge in [0.1, 0.15) is 0 Å². The van der Waals surface area contributed by atoms with Crippen molar-refractivity contribution in [3.05, 3.63) is 0 Å². The van der Waals surface area contributed by atoms with Gasteiger partial charge in [-0.2, -0.15) is 0 Å². The fraction of sp³-hybridized carbons (Fsp3) is 1.00. The molecule has 0 heterocycles. The highest BCUT2D eigenvalue weighted by Crippen LogP contribution is 2.34. The molecule has 10 heavy (non-hydrogen) atoms. The third-order valence-electron chi connectivity index (χ3n) is 2.48.